The number of aldehydes is 1. The molecule has 16 heavy (non-hydrogen) atoms. The fourth-order valence-electron chi connectivity index (χ4n) is 0.984. The van der Waals surface area contributed by atoms with E-state index in [9.17, 15) is 22.8 Å². The van der Waals surface area contributed by atoms with Crippen molar-refractivity contribution in [3.63, 3.8) is 0 Å². The summed E-state index contributed by atoms with van der Waals surface area (Å²) >= 11 is 5.06. The zero-order valence-corrected chi connectivity index (χ0v) is 8.30. The molecule has 0 aromatic heterocycles. The summed E-state index contributed by atoms with van der Waals surface area (Å²) < 4.78 is 39.4. The Hall–Kier alpha value is -1.56. The van der Waals surface area contributed by atoms with Crippen LogP contribution in [0, 0.1) is 0 Å². The Morgan fingerprint density at radius 1 is 1.38 bits per heavy atom. The highest BCUT2D eigenvalue weighted by molar-refractivity contribution is 6.68. The summed E-state index contributed by atoms with van der Waals surface area (Å²) in [6.07, 6.45) is -4.63. The van der Waals surface area contributed by atoms with Crippen molar-refractivity contribution in [1.29, 1.82) is 0 Å². The molecule has 0 bridgehead atoms. The maximum atomic E-state index is 12.0. The molecule has 0 N–H and O–H groups in total. The normalized spacial score (nSPS) is 11.0. The Labute approximate surface area is 92.8 Å². The van der Waals surface area contributed by atoms with E-state index in [0.717, 1.165) is 18.2 Å². The molecule has 0 heterocycles. The number of carbonyl (C=O) groups is 2. The topological polar surface area (TPSA) is 43.4 Å². The summed E-state index contributed by atoms with van der Waals surface area (Å²) in [4.78, 5) is 21.1. The Morgan fingerprint density at radius 3 is 2.44 bits per heavy atom. The van der Waals surface area contributed by atoms with Gasteiger partial charge in [-0.05, 0) is 23.7 Å². The third-order valence-corrected chi connectivity index (χ3v) is 1.78. The van der Waals surface area contributed by atoms with Crippen molar-refractivity contribution in [3.8, 4) is 5.75 Å². The lowest BCUT2D eigenvalue weighted by Gasteiger charge is -2.11. The molecule has 0 spiro atoms. The zero-order valence-electron chi connectivity index (χ0n) is 7.55. The molecule has 0 fully saturated rings. The molecule has 0 aliphatic rings. The minimum atomic E-state index is -4.96. The van der Waals surface area contributed by atoms with Crippen molar-refractivity contribution in [2.45, 2.75) is 6.36 Å². The monoisotopic (exact) mass is 252 g/mol. The van der Waals surface area contributed by atoms with Crippen molar-refractivity contribution in [1.82, 2.24) is 0 Å². The van der Waals surface area contributed by atoms with E-state index in [-0.39, 0.29) is 5.56 Å². The Morgan fingerprint density at radius 2 is 2.00 bits per heavy atom. The molecule has 0 unspecified atom stereocenters. The van der Waals surface area contributed by atoms with Crippen molar-refractivity contribution >= 4 is 23.1 Å². The van der Waals surface area contributed by atoms with E-state index in [1.165, 1.54) is 0 Å². The van der Waals surface area contributed by atoms with Crippen LogP contribution in [0.3, 0.4) is 0 Å². The van der Waals surface area contributed by atoms with Gasteiger partial charge in [-0.25, -0.2) is 0 Å². The van der Waals surface area contributed by atoms with E-state index < -0.39 is 22.9 Å². The summed E-state index contributed by atoms with van der Waals surface area (Å²) in [6, 6.07) is 2.93. The minimum absolute atomic E-state index is 0.0547. The van der Waals surface area contributed by atoms with Gasteiger partial charge in [-0.1, -0.05) is 6.07 Å². The maximum absolute atomic E-state index is 12.0. The summed E-state index contributed by atoms with van der Waals surface area (Å²) in [6.45, 7) is 0. The molecular weight excluding hydrogens is 249 g/mol. The minimum Gasteiger partial charge on any atom is -0.405 e. The average molecular weight is 253 g/mol. The SMILES string of the molecule is O=Cc1ccc(C(=O)Cl)c(OC(F)(F)F)c1. The van der Waals surface area contributed by atoms with Crippen LogP contribution < -0.4 is 4.74 Å². The first-order valence-corrected chi connectivity index (χ1v) is 4.26. The fourth-order valence-corrected chi connectivity index (χ4v) is 1.14. The molecule has 0 aliphatic carbocycles. The summed E-state index contributed by atoms with van der Waals surface area (Å²) in [7, 11) is 0. The Kier molecular flexibility index (Phi) is 3.54. The number of ether oxygens (including phenoxy) is 1. The second-order valence-corrected chi connectivity index (χ2v) is 3.04. The smallest absolute Gasteiger partial charge is 0.405 e. The lowest BCUT2D eigenvalue weighted by molar-refractivity contribution is -0.274. The molecule has 0 saturated heterocycles. The van der Waals surface area contributed by atoms with Crippen LogP contribution in [-0.2, 0) is 0 Å². The average Bonchev–Trinajstić information content (AvgIpc) is 2.14. The second-order valence-electron chi connectivity index (χ2n) is 2.69. The van der Waals surface area contributed by atoms with E-state index in [2.05, 4.69) is 4.74 Å². The molecule has 3 nitrogen and oxygen atoms in total. The highest BCUT2D eigenvalue weighted by atomic mass is 35.5. The van der Waals surface area contributed by atoms with Crippen LogP contribution in [0.5, 0.6) is 5.75 Å². The van der Waals surface area contributed by atoms with E-state index >= 15 is 0 Å². The Bertz CT molecular complexity index is 428. The van der Waals surface area contributed by atoms with Gasteiger partial charge in [0.2, 0.25) is 0 Å². The molecule has 1 aromatic rings. The van der Waals surface area contributed by atoms with Gasteiger partial charge in [-0.15, -0.1) is 13.2 Å². The number of halogens is 4. The van der Waals surface area contributed by atoms with Crippen molar-refractivity contribution in [2.24, 2.45) is 0 Å². The van der Waals surface area contributed by atoms with E-state index in [1.54, 1.807) is 0 Å². The number of hydrogen-bond donors (Lipinski definition) is 0. The maximum Gasteiger partial charge on any atom is 0.573 e. The van der Waals surface area contributed by atoms with Gasteiger partial charge in [-0.2, -0.15) is 0 Å². The van der Waals surface area contributed by atoms with Gasteiger partial charge >= 0.3 is 6.36 Å². The van der Waals surface area contributed by atoms with Crippen LogP contribution in [0.15, 0.2) is 18.2 Å². The molecule has 0 aliphatic heterocycles. The quantitative estimate of drug-likeness (QED) is 0.614. The van der Waals surface area contributed by atoms with Crippen LogP contribution in [0.25, 0.3) is 0 Å². The number of hydrogen-bond acceptors (Lipinski definition) is 3. The number of carbonyl (C=O) groups excluding carboxylic acids is 2. The van der Waals surface area contributed by atoms with Crippen molar-refractivity contribution in [2.75, 3.05) is 0 Å². The van der Waals surface area contributed by atoms with Gasteiger partial charge in [-0.3, -0.25) is 9.59 Å². The third kappa shape index (κ3) is 3.23. The largest absolute Gasteiger partial charge is 0.573 e. The van der Waals surface area contributed by atoms with Gasteiger partial charge in [0.05, 0.1) is 5.56 Å². The molecule has 1 rings (SSSR count). The first-order valence-electron chi connectivity index (χ1n) is 3.88. The molecule has 0 radical (unpaired) electrons. The summed E-state index contributed by atoms with van der Waals surface area (Å²) in [5.41, 5.74) is -0.509. The molecule has 0 atom stereocenters. The summed E-state index contributed by atoms with van der Waals surface area (Å²) in [5, 5.41) is -1.10. The molecule has 1 aromatic carbocycles. The second kappa shape index (κ2) is 4.52. The Balaban J connectivity index is 3.20. The fraction of sp³-hybridized carbons (Fsp3) is 0.111. The first-order chi connectivity index (χ1) is 7.33. The molecule has 7 heteroatoms. The van der Waals surface area contributed by atoms with Crippen LogP contribution in [0.2, 0.25) is 0 Å². The molecule has 86 valence electrons. The predicted octanol–water partition coefficient (Wildman–Crippen LogP) is 2.78. The molecular formula is C9H4ClF3O3. The lowest BCUT2D eigenvalue weighted by Crippen LogP contribution is -2.18. The van der Waals surface area contributed by atoms with E-state index in [4.69, 9.17) is 11.6 Å². The third-order valence-electron chi connectivity index (χ3n) is 1.58. The highest BCUT2D eigenvalue weighted by Crippen LogP contribution is 2.28. The zero-order chi connectivity index (χ0) is 12.3. The predicted molar refractivity (Wildman–Crippen MR) is 48.7 cm³/mol. The standard InChI is InChI=1S/C9H4ClF3O3/c10-8(15)6-2-1-5(4-14)3-7(6)16-9(11,12)13/h1-4H. The molecule has 0 amide bonds. The van der Waals surface area contributed by atoms with Gasteiger partial charge in [0, 0.05) is 5.56 Å². The highest BCUT2D eigenvalue weighted by Gasteiger charge is 2.32. The van der Waals surface area contributed by atoms with Crippen molar-refractivity contribution in [3.05, 3.63) is 29.3 Å². The van der Waals surface area contributed by atoms with Crippen molar-refractivity contribution < 1.29 is 27.5 Å². The lowest BCUT2D eigenvalue weighted by atomic mass is 10.1. The van der Waals surface area contributed by atoms with Crippen LogP contribution in [0.1, 0.15) is 20.7 Å². The first kappa shape index (κ1) is 12.5. The number of benzene rings is 1. The van der Waals surface area contributed by atoms with E-state index in [1.807, 2.05) is 0 Å². The van der Waals surface area contributed by atoms with Gasteiger partial charge in [0.1, 0.15) is 12.0 Å². The molecule has 0 saturated carbocycles. The number of rotatable bonds is 3. The summed E-state index contributed by atoms with van der Waals surface area (Å²) in [5.74, 6) is -0.794. The van der Waals surface area contributed by atoms with Crippen LogP contribution >= 0.6 is 11.6 Å². The van der Waals surface area contributed by atoms with Gasteiger partial charge in [0.25, 0.3) is 5.24 Å². The van der Waals surface area contributed by atoms with Crippen LogP contribution in [-0.4, -0.2) is 17.9 Å². The number of alkyl halides is 3. The van der Waals surface area contributed by atoms with Crippen LogP contribution in [0.4, 0.5) is 13.2 Å². The van der Waals surface area contributed by atoms with Gasteiger partial charge < -0.3 is 4.74 Å². The van der Waals surface area contributed by atoms with Gasteiger partial charge in [0.15, 0.2) is 0 Å². The van der Waals surface area contributed by atoms with E-state index in [0.29, 0.717) is 6.29 Å².